The van der Waals surface area contributed by atoms with E-state index in [1.807, 2.05) is 6.07 Å². The zero-order chi connectivity index (χ0) is 13.1. The first kappa shape index (κ1) is 12.9. The molecule has 2 unspecified atom stereocenters. The first-order valence-electron chi connectivity index (χ1n) is 7.11. The third-order valence-electron chi connectivity index (χ3n) is 4.20. The smallest absolute Gasteiger partial charge is 0.123 e. The second kappa shape index (κ2) is 5.90. The Morgan fingerprint density at radius 3 is 3.00 bits per heavy atom. The number of ether oxygens (including phenoxy) is 2. The van der Waals surface area contributed by atoms with Gasteiger partial charge in [-0.05, 0) is 12.5 Å². The normalized spacial score (nSPS) is 25.4. The number of nitrogens with two attached hydrogens (primary N) is 1. The minimum atomic E-state index is 0.400. The highest BCUT2D eigenvalue weighted by atomic mass is 16.5. The summed E-state index contributed by atoms with van der Waals surface area (Å²) in [5, 5.41) is 0. The van der Waals surface area contributed by atoms with Crippen LogP contribution in [0.25, 0.3) is 0 Å². The lowest BCUT2D eigenvalue weighted by Gasteiger charge is -2.33. The fraction of sp³-hybridized carbons (Fsp3) is 0.600. The van der Waals surface area contributed by atoms with Crippen LogP contribution in [0.4, 0.5) is 0 Å². The fourth-order valence-electron chi connectivity index (χ4n) is 3.12. The van der Waals surface area contributed by atoms with E-state index in [1.54, 1.807) is 0 Å². The molecule has 2 aliphatic heterocycles. The molecule has 0 saturated carbocycles. The SMILES string of the molecule is NCC(C1CCOC1)N1CCOc2ccccc2C1. The van der Waals surface area contributed by atoms with Crippen molar-refractivity contribution in [3.63, 3.8) is 0 Å². The van der Waals surface area contributed by atoms with Crippen LogP contribution in [0.3, 0.4) is 0 Å². The Morgan fingerprint density at radius 1 is 1.32 bits per heavy atom. The van der Waals surface area contributed by atoms with Gasteiger partial charge in [-0.15, -0.1) is 0 Å². The minimum Gasteiger partial charge on any atom is -0.492 e. The maximum absolute atomic E-state index is 6.02. The Labute approximate surface area is 114 Å². The van der Waals surface area contributed by atoms with Crippen molar-refractivity contribution >= 4 is 0 Å². The second-order valence-electron chi connectivity index (χ2n) is 5.35. The van der Waals surface area contributed by atoms with Crippen LogP contribution in [0.2, 0.25) is 0 Å². The van der Waals surface area contributed by atoms with Crippen LogP contribution >= 0.6 is 0 Å². The number of rotatable bonds is 3. The van der Waals surface area contributed by atoms with Gasteiger partial charge in [-0.3, -0.25) is 4.90 Å². The monoisotopic (exact) mass is 262 g/mol. The van der Waals surface area contributed by atoms with Gasteiger partial charge in [0.15, 0.2) is 0 Å². The van der Waals surface area contributed by atoms with Gasteiger partial charge in [0, 0.05) is 43.8 Å². The average Bonchev–Trinajstić information content (AvgIpc) is 2.87. The van der Waals surface area contributed by atoms with Gasteiger partial charge in [0.1, 0.15) is 12.4 Å². The molecule has 2 heterocycles. The van der Waals surface area contributed by atoms with E-state index in [2.05, 4.69) is 23.1 Å². The van der Waals surface area contributed by atoms with Crippen molar-refractivity contribution in [1.82, 2.24) is 4.90 Å². The van der Waals surface area contributed by atoms with Gasteiger partial charge >= 0.3 is 0 Å². The summed E-state index contributed by atoms with van der Waals surface area (Å²) >= 11 is 0. The third kappa shape index (κ3) is 2.76. The maximum atomic E-state index is 6.02. The second-order valence-corrected chi connectivity index (χ2v) is 5.35. The lowest BCUT2D eigenvalue weighted by atomic mass is 9.97. The summed E-state index contributed by atoms with van der Waals surface area (Å²) in [6.07, 6.45) is 1.13. The van der Waals surface area contributed by atoms with Crippen molar-refractivity contribution in [3.05, 3.63) is 29.8 Å². The molecule has 4 nitrogen and oxygen atoms in total. The molecule has 0 radical (unpaired) electrons. The summed E-state index contributed by atoms with van der Waals surface area (Å²) in [6.45, 7) is 5.02. The molecule has 3 rings (SSSR count). The molecular weight excluding hydrogens is 240 g/mol. The topological polar surface area (TPSA) is 47.7 Å². The number of fused-ring (bicyclic) bond motifs is 1. The maximum Gasteiger partial charge on any atom is 0.123 e. The van der Waals surface area contributed by atoms with Crippen molar-refractivity contribution < 1.29 is 9.47 Å². The Balaban J connectivity index is 1.77. The van der Waals surface area contributed by atoms with Crippen LogP contribution in [0.15, 0.2) is 24.3 Å². The predicted molar refractivity (Wildman–Crippen MR) is 74.1 cm³/mol. The molecule has 0 aromatic heterocycles. The Morgan fingerprint density at radius 2 is 2.21 bits per heavy atom. The van der Waals surface area contributed by atoms with Crippen molar-refractivity contribution in [1.29, 1.82) is 0 Å². The van der Waals surface area contributed by atoms with E-state index in [9.17, 15) is 0 Å². The fourth-order valence-corrected chi connectivity index (χ4v) is 3.12. The molecule has 1 saturated heterocycles. The summed E-state index contributed by atoms with van der Waals surface area (Å²) in [7, 11) is 0. The summed E-state index contributed by atoms with van der Waals surface area (Å²) < 4.78 is 11.3. The molecule has 2 atom stereocenters. The van der Waals surface area contributed by atoms with Gasteiger partial charge in [-0.25, -0.2) is 0 Å². The molecule has 0 aliphatic carbocycles. The molecule has 104 valence electrons. The number of hydrogen-bond acceptors (Lipinski definition) is 4. The number of nitrogens with zero attached hydrogens (tertiary/aromatic N) is 1. The zero-order valence-corrected chi connectivity index (χ0v) is 11.3. The van der Waals surface area contributed by atoms with E-state index in [1.165, 1.54) is 5.56 Å². The van der Waals surface area contributed by atoms with Crippen LogP contribution in [0, 0.1) is 5.92 Å². The number of hydrogen-bond donors (Lipinski definition) is 1. The van der Waals surface area contributed by atoms with E-state index in [4.69, 9.17) is 15.2 Å². The Kier molecular flexibility index (Phi) is 4.01. The van der Waals surface area contributed by atoms with Gasteiger partial charge in [0.2, 0.25) is 0 Å². The van der Waals surface area contributed by atoms with Gasteiger partial charge in [0.25, 0.3) is 0 Å². The highest BCUT2D eigenvalue weighted by molar-refractivity contribution is 5.33. The van der Waals surface area contributed by atoms with E-state index < -0.39 is 0 Å². The van der Waals surface area contributed by atoms with Crippen molar-refractivity contribution in [2.45, 2.75) is 19.0 Å². The molecule has 4 heteroatoms. The predicted octanol–water partition coefficient (Wildman–Crippen LogP) is 1.24. The van der Waals surface area contributed by atoms with E-state index in [0.29, 0.717) is 18.5 Å². The average molecular weight is 262 g/mol. The highest BCUT2D eigenvalue weighted by Crippen LogP contribution is 2.27. The first-order valence-corrected chi connectivity index (χ1v) is 7.11. The van der Waals surface area contributed by atoms with Crippen LogP contribution in [-0.2, 0) is 11.3 Å². The van der Waals surface area contributed by atoms with E-state index in [-0.39, 0.29) is 0 Å². The highest BCUT2D eigenvalue weighted by Gasteiger charge is 2.30. The van der Waals surface area contributed by atoms with Gasteiger partial charge < -0.3 is 15.2 Å². The number of benzene rings is 1. The van der Waals surface area contributed by atoms with Gasteiger partial charge in [0.05, 0.1) is 6.61 Å². The molecule has 0 bridgehead atoms. The first-order chi connectivity index (χ1) is 9.38. The number of para-hydroxylation sites is 1. The van der Waals surface area contributed by atoms with Gasteiger partial charge in [-0.1, -0.05) is 18.2 Å². The molecule has 1 aromatic carbocycles. The summed E-state index contributed by atoms with van der Waals surface area (Å²) in [4.78, 5) is 2.46. The van der Waals surface area contributed by atoms with Crippen molar-refractivity contribution in [2.75, 3.05) is 32.9 Å². The van der Waals surface area contributed by atoms with Crippen LogP contribution < -0.4 is 10.5 Å². The lowest BCUT2D eigenvalue weighted by molar-refractivity contribution is 0.110. The molecule has 0 amide bonds. The molecule has 19 heavy (non-hydrogen) atoms. The molecule has 2 aliphatic rings. The summed E-state index contributed by atoms with van der Waals surface area (Å²) in [5.41, 5.74) is 7.28. The minimum absolute atomic E-state index is 0.400. The zero-order valence-electron chi connectivity index (χ0n) is 11.3. The standard InChI is InChI=1S/C15H22N2O2/c16-9-14(13-5-7-18-11-13)17-6-8-19-15-4-2-1-3-12(15)10-17/h1-4,13-14H,5-11,16H2. The summed E-state index contributed by atoms with van der Waals surface area (Å²) in [5.74, 6) is 1.58. The van der Waals surface area contributed by atoms with Crippen LogP contribution in [0.5, 0.6) is 5.75 Å². The van der Waals surface area contributed by atoms with Crippen molar-refractivity contribution in [2.24, 2.45) is 11.7 Å². The molecular formula is C15H22N2O2. The summed E-state index contributed by atoms with van der Waals surface area (Å²) in [6, 6.07) is 8.69. The van der Waals surface area contributed by atoms with E-state index in [0.717, 1.165) is 45.1 Å². The lowest BCUT2D eigenvalue weighted by Crippen LogP contribution is -2.46. The van der Waals surface area contributed by atoms with E-state index >= 15 is 0 Å². The van der Waals surface area contributed by atoms with Gasteiger partial charge in [-0.2, -0.15) is 0 Å². The van der Waals surface area contributed by atoms with Crippen LogP contribution in [0.1, 0.15) is 12.0 Å². The largest absolute Gasteiger partial charge is 0.492 e. The molecule has 0 spiro atoms. The van der Waals surface area contributed by atoms with Crippen molar-refractivity contribution in [3.8, 4) is 5.75 Å². The Bertz CT molecular complexity index is 418. The molecule has 1 aromatic rings. The quantitative estimate of drug-likeness (QED) is 0.890. The van der Waals surface area contributed by atoms with Crippen LogP contribution in [-0.4, -0.2) is 43.9 Å². The molecule has 2 N–H and O–H groups in total. The molecule has 1 fully saturated rings. The third-order valence-corrected chi connectivity index (χ3v) is 4.20. The Hall–Kier alpha value is -1.10.